The molecule has 19 heavy (non-hydrogen) atoms. The van der Waals surface area contributed by atoms with E-state index < -0.39 is 0 Å². The van der Waals surface area contributed by atoms with Crippen LogP contribution in [0.4, 0.5) is 5.69 Å². The molecule has 0 saturated heterocycles. The van der Waals surface area contributed by atoms with Gasteiger partial charge < -0.3 is 5.11 Å². The highest BCUT2D eigenvalue weighted by Crippen LogP contribution is 2.35. The summed E-state index contributed by atoms with van der Waals surface area (Å²) in [6, 6.07) is 10.3. The SMILES string of the molecule is Cc1cc([N+](=O)[O-])c(C)cc1Sc1cccc(O)c1. The maximum absolute atomic E-state index is 10.9. The molecule has 0 radical (unpaired) electrons. The number of rotatable bonds is 3. The topological polar surface area (TPSA) is 63.4 Å². The average Bonchev–Trinajstić information content (AvgIpc) is 2.33. The van der Waals surface area contributed by atoms with Gasteiger partial charge in [0, 0.05) is 21.4 Å². The number of aryl methyl sites for hydroxylation is 2. The van der Waals surface area contributed by atoms with Gasteiger partial charge in [0.2, 0.25) is 0 Å². The lowest BCUT2D eigenvalue weighted by Crippen LogP contribution is -1.93. The minimum absolute atomic E-state index is 0.137. The van der Waals surface area contributed by atoms with Gasteiger partial charge in [-0.25, -0.2) is 0 Å². The third kappa shape index (κ3) is 3.06. The molecule has 0 aliphatic rings. The van der Waals surface area contributed by atoms with Gasteiger partial charge in [0.05, 0.1) is 4.92 Å². The van der Waals surface area contributed by atoms with Gasteiger partial charge in [-0.05, 0) is 43.7 Å². The number of phenolic OH excluding ortho intramolecular Hbond substituents is 1. The number of nitro groups is 1. The Morgan fingerprint density at radius 1 is 1.16 bits per heavy atom. The molecule has 0 spiro atoms. The van der Waals surface area contributed by atoms with Gasteiger partial charge in [0.1, 0.15) is 5.75 Å². The van der Waals surface area contributed by atoms with E-state index >= 15 is 0 Å². The van der Waals surface area contributed by atoms with Crippen LogP contribution in [0.25, 0.3) is 0 Å². The van der Waals surface area contributed by atoms with E-state index in [4.69, 9.17) is 0 Å². The maximum atomic E-state index is 10.9. The molecule has 0 unspecified atom stereocenters. The monoisotopic (exact) mass is 275 g/mol. The zero-order valence-corrected chi connectivity index (χ0v) is 11.4. The number of nitrogens with zero attached hydrogens (tertiary/aromatic N) is 1. The molecule has 0 aliphatic carbocycles. The van der Waals surface area contributed by atoms with E-state index in [1.54, 1.807) is 31.2 Å². The van der Waals surface area contributed by atoms with Crippen LogP contribution in [-0.2, 0) is 0 Å². The highest BCUT2D eigenvalue weighted by Gasteiger charge is 2.13. The second-order valence-corrected chi connectivity index (χ2v) is 5.38. The molecular weight excluding hydrogens is 262 g/mol. The number of phenols is 1. The van der Waals surface area contributed by atoms with Crippen molar-refractivity contribution in [1.82, 2.24) is 0 Å². The van der Waals surface area contributed by atoms with Crippen LogP contribution >= 0.6 is 11.8 Å². The number of hydrogen-bond donors (Lipinski definition) is 1. The highest BCUT2D eigenvalue weighted by atomic mass is 32.2. The molecule has 4 nitrogen and oxygen atoms in total. The average molecular weight is 275 g/mol. The van der Waals surface area contributed by atoms with E-state index in [-0.39, 0.29) is 16.4 Å². The Bertz CT molecular complexity index is 641. The van der Waals surface area contributed by atoms with Gasteiger partial charge in [0.15, 0.2) is 0 Å². The zero-order valence-electron chi connectivity index (χ0n) is 10.6. The molecule has 2 aromatic carbocycles. The molecule has 5 heteroatoms. The lowest BCUT2D eigenvalue weighted by atomic mass is 10.1. The summed E-state index contributed by atoms with van der Waals surface area (Å²) >= 11 is 1.48. The first kappa shape index (κ1) is 13.4. The summed E-state index contributed by atoms with van der Waals surface area (Å²) in [4.78, 5) is 12.3. The number of hydrogen-bond acceptors (Lipinski definition) is 4. The van der Waals surface area contributed by atoms with Crippen LogP contribution in [0.2, 0.25) is 0 Å². The van der Waals surface area contributed by atoms with Gasteiger partial charge in [-0.15, -0.1) is 0 Å². The highest BCUT2D eigenvalue weighted by molar-refractivity contribution is 7.99. The van der Waals surface area contributed by atoms with Gasteiger partial charge in [0.25, 0.3) is 5.69 Å². The van der Waals surface area contributed by atoms with Crippen molar-refractivity contribution in [3.8, 4) is 5.75 Å². The third-order valence-electron chi connectivity index (χ3n) is 2.74. The summed E-state index contributed by atoms with van der Waals surface area (Å²) in [5.41, 5.74) is 1.63. The molecule has 0 atom stereocenters. The van der Waals surface area contributed by atoms with E-state index in [1.165, 1.54) is 11.8 Å². The third-order valence-corrected chi connectivity index (χ3v) is 3.89. The second-order valence-electron chi connectivity index (χ2n) is 4.26. The molecule has 1 N–H and O–H groups in total. The fourth-order valence-electron chi connectivity index (χ4n) is 1.76. The van der Waals surface area contributed by atoms with Crippen LogP contribution in [0.5, 0.6) is 5.75 Å². The van der Waals surface area contributed by atoms with Crippen molar-refractivity contribution in [2.45, 2.75) is 23.6 Å². The molecule has 0 saturated carbocycles. The maximum Gasteiger partial charge on any atom is 0.272 e. The fraction of sp³-hybridized carbons (Fsp3) is 0.143. The van der Waals surface area contributed by atoms with Crippen molar-refractivity contribution < 1.29 is 10.0 Å². The molecule has 98 valence electrons. The molecule has 0 fully saturated rings. The van der Waals surface area contributed by atoms with Crippen molar-refractivity contribution in [3.05, 3.63) is 57.6 Å². The summed E-state index contributed by atoms with van der Waals surface area (Å²) in [5, 5.41) is 20.3. The molecule has 2 aromatic rings. The van der Waals surface area contributed by atoms with Crippen molar-refractivity contribution in [3.63, 3.8) is 0 Å². The first-order valence-electron chi connectivity index (χ1n) is 5.70. The lowest BCUT2D eigenvalue weighted by molar-refractivity contribution is -0.385. The minimum atomic E-state index is -0.370. The van der Waals surface area contributed by atoms with Crippen molar-refractivity contribution in [2.24, 2.45) is 0 Å². The van der Waals surface area contributed by atoms with E-state index in [2.05, 4.69) is 0 Å². The van der Waals surface area contributed by atoms with Gasteiger partial charge >= 0.3 is 0 Å². The largest absolute Gasteiger partial charge is 0.508 e. The van der Waals surface area contributed by atoms with Crippen LogP contribution in [-0.4, -0.2) is 10.0 Å². The van der Waals surface area contributed by atoms with Crippen LogP contribution in [0.15, 0.2) is 46.2 Å². The summed E-state index contributed by atoms with van der Waals surface area (Å²) in [6.45, 7) is 3.57. The minimum Gasteiger partial charge on any atom is -0.508 e. The molecule has 0 aliphatic heterocycles. The van der Waals surface area contributed by atoms with Crippen LogP contribution in [0, 0.1) is 24.0 Å². The van der Waals surface area contributed by atoms with Crippen molar-refractivity contribution >= 4 is 17.4 Å². The Morgan fingerprint density at radius 3 is 2.53 bits per heavy atom. The molecule has 0 amide bonds. The Morgan fingerprint density at radius 2 is 1.89 bits per heavy atom. The van der Waals surface area contributed by atoms with E-state index in [0.29, 0.717) is 5.56 Å². The Hall–Kier alpha value is -2.01. The van der Waals surface area contributed by atoms with Gasteiger partial charge in [-0.2, -0.15) is 0 Å². The lowest BCUT2D eigenvalue weighted by Gasteiger charge is -2.07. The first-order chi connectivity index (χ1) is 8.97. The Labute approximate surface area is 115 Å². The predicted octanol–water partition coefficient (Wildman–Crippen LogP) is 4.07. The predicted molar refractivity (Wildman–Crippen MR) is 74.8 cm³/mol. The number of benzene rings is 2. The van der Waals surface area contributed by atoms with Crippen LogP contribution in [0.3, 0.4) is 0 Å². The standard InChI is InChI=1S/C14H13NO3S/c1-9-7-14(10(2)6-13(9)15(17)18)19-12-5-3-4-11(16)8-12/h3-8,16H,1-2H3. The van der Waals surface area contributed by atoms with E-state index in [9.17, 15) is 15.2 Å². The molecule has 0 aromatic heterocycles. The van der Waals surface area contributed by atoms with Gasteiger partial charge in [-0.3, -0.25) is 10.1 Å². The molecule has 0 bridgehead atoms. The van der Waals surface area contributed by atoms with E-state index in [1.807, 2.05) is 19.1 Å². The summed E-state index contributed by atoms with van der Waals surface area (Å²) in [6.07, 6.45) is 0. The van der Waals surface area contributed by atoms with Crippen LogP contribution < -0.4 is 0 Å². The Balaban J connectivity index is 2.36. The Kier molecular flexibility index (Phi) is 3.76. The molecule has 0 heterocycles. The summed E-state index contributed by atoms with van der Waals surface area (Å²) in [7, 11) is 0. The summed E-state index contributed by atoms with van der Waals surface area (Å²) < 4.78 is 0. The molecular formula is C14H13NO3S. The summed E-state index contributed by atoms with van der Waals surface area (Å²) in [5.74, 6) is 0.210. The van der Waals surface area contributed by atoms with E-state index in [0.717, 1.165) is 15.4 Å². The van der Waals surface area contributed by atoms with Gasteiger partial charge in [-0.1, -0.05) is 17.8 Å². The smallest absolute Gasteiger partial charge is 0.272 e. The quantitative estimate of drug-likeness (QED) is 0.677. The molecule has 2 rings (SSSR count). The fourth-order valence-corrected chi connectivity index (χ4v) is 2.79. The zero-order chi connectivity index (χ0) is 14.0. The first-order valence-corrected chi connectivity index (χ1v) is 6.51. The second kappa shape index (κ2) is 5.32. The number of aromatic hydroxyl groups is 1. The van der Waals surface area contributed by atoms with Crippen molar-refractivity contribution in [2.75, 3.05) is 0 Å². The van der Waals surface area contributed by atoms with Crippen LogP contribution in [0.1, 0.15) is 11.1 Å². The normalized spacial score (nSPS) is 10.4. The number of nitro benzene ring substituents is 1. The van der Waals surface area contributed by atoms with Crippen molar-refractivity contribution in [1.29, 1.82) is 0 Å².